The predicted molar refractivity (Wildman–Crippen MR) is 68.1 cm³/mol. The zero-order valence-electron chi connectivity index (χ0n) is 10.2. The fourth-order valence-electron chi connectivity index (χ4n) is 2.45. The van der Waals surface area contributed by atoms with Gasteiger partial charge in [-0.3, -0.25) is 5.10 Å². The molecule has 1 saturated heterocycles. The maximum Gasteiger partial charge on any atom is 0.224 e. The van der Waals surface area contributed by atoms with Crippen LogP contribution >= 0.6 is 0 Å². The molecule has 0 bridgehead atoms. The third-order valence-corrected chi connectivity index (χ3v) is 3.51. The van der Waals surface area contributed by atoms with Gasteiger partial charge in [-0.25, -0.2) is 0 Å². The lowest BCUT2D eigenvalue weighted by Gasteiger charge is -2.19. The zero-order valence-corrected chi connectivity index (χ0v) is 10.2. The topological polar surface area (TPSA) is 104 Å². The van der Waals surface area contributed by atoms with Crippen molar-refractivity contribution in [3.63, 3.8) is 0 Å². The SMILES string of the molecule is CC(O)C1CCN(c2nc(N)nc3[nH]ncc23)C1. The van der Waals surface area contributed by atoms with Crippen LogP contribution in [-0.2, 0) is 0 Å². The molecule has 7 nitrogen and oxygen atoms in total. The molecule has 1 fully saturated rings. The molecule has 3 rings (SSSR count). The van der Waals surface area contributed by atoms with Gasteiger partial charge in [0, 0.05) is 19.0 Å². The standard InChI is InChI=1S/C11H16N6O/c1-6(18)7-2-3-17(5-7)10-8-4-13-16-9(8)14-11(12)15-10/h4,6-7,18H,2-3,5H2,1H3,(H3,12,13,14,15,16). The molecule has 2 aromatic heterocycles. The Morgan fingerprint density at radius 3 is 3.11 bits per heavy atom. The third kappa shape index (κ3) is 1.76. The van der Waals surface area contributed by atoms with E-state index in [0.29, 0.717) is 5.65 Å². The fraction of sp³-hybridized carbons (Fsp3) is 0.545. The Labute approximate surface area is 104 Å². The molecule has 1 aliphatic heterocycles. The predicted octanol–water partition coefficient (Wildman–Crippen LogP) is 0.142. The van der Waals surface area contributed by atoms with Crippen molar-refractivity contribution in [2.75, 3.05) is 23.7 Å². The van der Waals surface area contributed by atoms with Gasteiger partial charge < -0.3 is 15.7 Å². The van der Waals surface area contributed by atoms with Gasteiger partial charge in [-0.1, -0.05) is 0 Å². The molecule has 7 heteroatoms. The summed E-state index contributed by atoms with van der Waals surface area (Å²) in [6, 6.07) is 0. The van der Waals surface area contributed by atoms with E-state index in [0.717, 1.165) is 30.7 Å². The minimum Gasteiger partial charge on any atom is -0.393 e. The molecule has 0 radical (unpaired) electrons. The monoisotopic (exact) mass is 248 g/mol. The van der Waals surface area contributed by atoms with E-state index < -0.39 is 0 Å². The lowest BCUT2D eigenvalue weighted by molar-refractivity contribution is 0.136. The van der Waals surface area contributed by atoms with Crippen LogP contribution in [0.5, 0.6) is 0 Å². The van der Waals surface area contributed by atoms with Gasteiger partial charge in [0.2, 0.25) is 5.95 Å². The van der Waals surface area contributed by atoms with Gasteiger partial charge in [-0.05, 0) is 13.3 Å². The molecule has 4 N–H and O–H groups in total. The van der Waals surface area contributed by atoms with Crippen LogP contribution in [0.2, 0.25) is 0 Å². The van der Waals surface area contributed by atoms with Crippen LogP contribution in [0.3, 0.4) is 0 Å². The molecule has 0 aliphatic carbocycles. The van der Waals surface area contributed by atoms with E-state index in [1.165, 1.54) is 0 Å². The second-order valence-corrected chi connectivity index (χ2v) is 4.77. The number of nitrogens with one attached hydrogen (secondary N) is 1. The van der Waals surface area contributed by atoms with Crippen molar-refractivity contribution in [3.8, 4) is 0 Å². The number of nitrogens with zero attached hydrogens (tertiary/aromatic N) is 4. The number of rotatable bonds is 2. The maximum atomic E-state index is 9.64. The van der Waals surface area contributed by atoms with Crippen molar-refractivity contribution in [3.05, 3.63) is 6.20 Å². The molecule has 0 aromatic carbocycles. The summed E-state index contributed by atoms with van der Waals surface area (Å²) in [7, 11) is 0. The van der Waals surface area contributed by atoms with Gasteiger partial charge in [0.1, 0.15) is 5.82 Å². The van der Waals surface area contributed by atoms with Crippen molar-refractivity contribution in [2.45, 2.75) is 19.4 Å². The minimum absolute atomic E-state index is 0.238. The Bertz CT molecular complexity index is 566. The van der Waals surface area contributed by atoms with E-state index in [4.69, 9.17) is 5.73 Å². The second kappa shape index (κ2) is 4.09. The molecule has 2 unspecified atom stereocenters. The molecule has 0 saturated carbocycles. The summed E-state index contributed by atoms with van der Waals surface area (Å²) in [5.41, 5.74) is 6.35. The van der Waals surface area contributed by atoms with Crippen LogP contribution < -0.4 is 10.6 Å². The average molecular weight is 248 g/mol. The number of aliphatic hydroxyl groups is 1. The van der Waals surface area contributed by atoms with Gasteiger partial charge in [-0.15, -0.1) is 0 Å². The summed E-state index contributed by atoms with van der Waals surface area (Å²) in [5.74, 6) is 1.32. The molecule has 3 heterocycles. The number of nitrogens with two attached hydrogens (primary N) is 1. The zero-order chi connectivity index (χ0) is 12.7. The number of hydrogen-bond acceptors (Lipinski definition) is 6. The Morgan fingerprint density at radius 1 is 1.56 bits per heavy atom. The number of anilines is 2. The molecule has 1 aliphatic rings. The number of aromatic nitrogens is 4. The molecular weight excluding hydrogens is 232 g/mol. The lowest BCUT2D eigenvalue weighted by Crippen LogP contribution is -2.25. The number of H-pyrrole nitrogens is 1. The van der Waals surface area contributed by atoms with Gasteiger partial charge >= 0.3 is 0 Å². The Morgan fingerprint density at radius 2 is 2.39 bits per heavy atom. The Hall–Kier alpha value is -1.89. The van der Waals surface area contributed by atoms with Crippen molar-refractivity contribution < 1.29 is 5.11 Å². The third-order valence-electron chi connectivity index (χ3n) is 3.51. The number of fused-ring (bicyclic) bond motifs is 1. The fourth-order valence-corrected chi connectivity index (χ4v) is 2.45. The van der Waals surface area contributed by atoms with E-state index >= 15 is 0 Å². The van der Waals surface area contributed by atoms with Crippen LogP contribution in [0.4, 0.5) is 11.8 Å². The van der Waals surface area contributed by atoms with Crippen molar-refractivity contribution in [1.29, 1.82) is 0 Å². The quantitative estimate of drug-likeness (QED) is 0.698. The van der Waals surface area contributed by atoms with Crippen LogP contribution in [0.15, 0.2) is 6.20 Å². The molecule has 18 heavy (non-hydrogen) atoms. The first kappa shape index (κ1) is 11.2. The molecule has 0 amide bonds. The second-order valence-electron chi connectivity index (χ2n) is 4.77. The smallest absolute Gasteiger partial charge is 0.224 e. The largest absolute Gasteiger partial charge is 0.393 e. The first-order valence-corrected chi connectivity index (χ1v) is 6.05. The number of aliphatic hydroxyl groups excluding tert-OH is 1. The van der Waals surface area contributed by atoms with Crippen molar-refractivity contribution in [2.24, 2.45) is 5.92 Å². The van der Waals surface area contributed by atoms with Crippen LogP contribution in [-0.4, -0.2) is 44.5 Å². The molecular formula is C11H16N6O. The Balaban J connectivity index is 1.97. The van der Waals surface area contributed by atoms with Crippen LogP contribution in [0.25, 0.3) is 11.0 Å². The minimum atomic E-state index is -0.297. The summed E-state index contributed by atoms with van der Waals surface area (Å²) < 4.78 is 0. The number of nitrogen functional groups attached to an aromatic ring is 1. The summed E-state index contributed by atoms with van der Waals surface area (Å²) >= 11 is 0. The summed E-state index contributed by atoms with van der Waals surface area (Å²) in [4.78, 5) is 10.5. The maximum absolute atomic E-state index is 9.64. The molecule has 96 valence electrons. The van der Waals surface area contributed by atoms with E-state index in [2.05, 4.69) is 25.1 Å². The number of aromatic amines is 1. The highest BCUT2D eigenvalue weighted by atomic mass is 16.3. The van der Waals surface area contributed by atoms with Crippen LogP contribution in [0, 0.1) is 5.92 Å². The molecule has 2 aromatic rings. The van der Waals surface area contributed by atoms with Gasteiger partial charge in [0.15, 0.2) is 5.65 Å². The van der Waals surface area contributed by atoms with E-state index in [1.54, 1.807) is 6.20 Å². The highest BCUT2D eigenvalue weighted by molar-refractivity contribution is 5.87. The van der Waals surface area contributed by atoms with Crippen molar-refractivity contribution in [1.82, 2.24) is 20.2 Å². The average Bonchev–Trinajstić information content (AvgIpc) is 2.95. The molecule has 2 atom stereocenters. The van der Waals surface area contributed by atoms with E-state index in [1.807, 2.05) is 6.92 Å². The number of hydrogen-bond donors (Lipinski definition) is 3. The normalized spacial score (nSPS) is 21.7. The van der Waals surface area contributed by atoms with E-state index in [-0.39, 0.29) is 18.0 Å². The molecule has 0 spiro atoms. The first-order valence-electron chi connectivity index (χ1n) is 6.05. The first-order chi connectivity index (χ1) is 8.65. The van der Waals surface area contributed by atoms with Gasteiger partial charge in [0.05, 0.1) is 17.7 Å². The highest BCUT2D eigenvalue weighted by Crippen LogP contribution is 2.29. The van der Waals surface area contributed by atoms with Crippen molar-refractivity contribution >= 4 is 22.8 Å². The van der Waals surface area contributed by atoms with Gasteiger partial charge in [-0.2, -0.15) is 15.1 Å². The summed E-state index contributed by atoms with van der Waals surface area (Å²) in [6.07, 6.45) is 2.37. The lowest BCUT2D eigenvalue weighted by atomic mass is 10.0. The Kier molecular flexibility index (Phi) is 2.55. The summed E-state index contributed by atoms with van der Waals surface area (Å²) in [6.45, 7) is 3.48. The van der Waals surface area contributed by atoms with Crippen LogP contribution in [0.1, 0.15) is 13.3 Å². The summed E-state index contributed by atoms with van der Waals surface area (Å²) in [5, 5.41) is 17.3. The van der Waals surface area contributed by atoms with Gasteiger partial charge in [0.25, 0.3) is 0 Å². The van der Waals surface area contributed by atoms with E-state index in [9.17, 15) is 5.11 Å². The highest BCUT2D eigenvalue weighted by Gasteiger charge is 2.28.